The summed E-state index contributed by atoms with van der Waals surface area (Å²) in [5, 5.41) is 16.3. The first-order valence-corrected chi connectivity index (χ1v) is 13.3. The number of aromatic nitrogens is 3. The lowest BCUT2D eigenvalue weighted by Crippen LogP contribution is -2.05. The summed E-state index contributed by atoms with van der Waals surface area (Å²) in [6, 6.07) is 12.5. The molecule has 4 aromatic rings. The van der Waals surface area contributed by atoms with Crippen LogP contribution >= 0.6 is 30.3 Å². The Kier molecular flexibility index (Phi) is 5.88. The van der Waals surface area contributed by atoms with Gasteiger partial charge in [-0.15, -0.1) is 0 Å². The number of nitrogens with zero attached hydrogens (tertiary/aromatic N) is 4. The molecule has 0 amide bonds. The summed E-state index contributed by atoms with van der Waals surface area (Å²) in [5.41, 5.74) is 7.04. The lowest BCUT2D eigenvalue weighted by molar-refractivity contribution is 0.693. The van der Waals surface area contributed by atoms with Crippen LogP contribution in [0, 0.1) is 18.3 Å². The third kappa shape index (κ3) is 3.78. The molecule has 0 unspecified atom stereocenters. The molecule has 2 aromatic heterocycles. The van der Waals surface area contributed by atoms with E-state index in [1.165, 1.54) is 40.4 Å². The van der Waals surface area contributed by atoms with Crippen LogP contribution in [0.3, 0.4) is 0 Å². The number of benzene rings is 2. The summed E-state index contributed by atoms with van der Waals surface area (Å²) in [7, 11) is 1.71. The molecular formula is C23H23IN4S. The fraction of sp³-hybridized carbons (Fsp3) is 0.304. The summed E-state index contributed by atoms with van der Waals surface area (Å²) < 4.78 is 4.26. The molecule has 0 aliphatic heterocycles. The Morgan fingerprint density at radius 3 is 2.72 bits per heavy atom. The maximum Gasteiger partial charge on any atom is 0.0992 e. The van der Waals surface area contributed by atoms with Crippen molar-refractivity contribution in [1.29, 1.82) is 5.26 Å². The van der Waals surface area contributed by atoms with Crippen LogP contribution in [0.2, 0.25) is 0 Å². The molecule has 148 valence electrons. The van der Waals surface area contributed by atoms with Crippen molar-refractivity contribution in [3.63, 3.8) is 0 Å². The molecule has 1 aliphatic rings. The molecule has 0 N–H and O–H groups in total. The third-order valence-electron chi connectivity index (χ3n) is 5.37. The average molecular weight is 514 g/mol. The number of fused-ring (bicyclic) bond motifs is 2. The second-order valence-electron chi connectivity index (χ2n) is 7.22. The monoisotopic (exact) mass is 514 g/mol. The van der Waals surface area contributed by atoms with Crippen molar-refractivity contribution in [2.24, 2.45) is 0 Å². The highest BCUT2D eigenvalue weighted by molar-refractivity contribution is 14.2. The highest BCUT2D eigenvalue weighted by atomic mass is 127. The summed E-state index contributed by atoms with van der Waals surface area (Å²) >= 11 is 2.34. The van der Waals surface area contributed by atoms with Crippen molar-refractivity contribution < 1.29 is 0 Å². The molecule has 4 nitrogen and oxygen atoms in total. The van der Waals surface area contributed by atoms with Gasteiger partial charge in [0.1, 0.15) is 0 Å². The van der Waals surface area contributed by atoms with Crippen molar-refractivity contribution in [3.05, 3.63) is 65.0 Å². The zero-order chi connectivity index (χ0) is 20.5. The first-order valence-electron chi connectivity index (χ1n) is 9.98. The van der Waals surface area contributed by atoms with Gasteiger partial charge >= 0.3 is 0 Å². The van der Waals surface area contributed by atoms with Crippen molar-refractivity contribution in [1.82, 2.24) is 13.8 Å². The molecule has 6 heteroatoms. The minimum absolute atomic E-state index is 0.653. The maximum absolute atomic E-state index is 9.12. The van der Waals surface area contributed by atoms with Crippen molar-refractivity contribution in [2.45, 2.75) is 46.1 Å². The minimum Gasteiger partial charge on any atom is -0.282 e. The van der Waals surface area contributed by atoms with Crippen LogP contribution in [-0.4, -0.2) is 13.8 Å². The zero-order valence-electron chi connectivity index (χ0n) is 16.8. The van der Waals surface area contributed by atoms with Gasteiger partial charge in [-0.25, -0.2) is 0 Å². The van der Waals surface area contributed by atoms with Crippen LogP contribution in [0.4, 0.5) is 0 Å². The van der Waals surface area contributed by atoms with Crippen LogP contribution in [0.1, 0.15) is 54.9 Å². The van der Waals surface area contributed by atoms with Crippen LogP contribution in [0.15, 0.2) is 42.7 Å². The van der Waals surface area contributed by atoms with Gasteiger partial charge in [-0.1, -0.05) is 19.9 Å². The molecule has 0 spiro atoms. The molecule has 0 atom stereocenters. The first kappa shape index (κ1) is 20.3. The van der Waals surface area contributed by atoms with Gasteiger partial charge in [-0.05, 0) is 66.6 Å². The predicted octanol–water partition coefficient (Wildman–Crippen LogP) is 6.97. The largest absolute Gasteiger partial charge is 0.282 e. The van der Waals surface area contributed by atoms with E-state index in [0.717, 1.165) is 17.4 Å². The molecule has 2 heterocycles. The molecular weight excluding hydrogens is 491 g/mol. The van der Waals surface area contributed by atoms with Crippen molar-refractivity contribution >= 4 is 52.1 Å². The highest BCUT2D eigenvalue weighted by Gasteiger charge is 2.28. The van der Waals surface area contributed by atoms with Gasteiger partial charge in [-0.3, -0.25) is 8.65 Å². The lowest BCUT2D eigenvalue weighted by Gasteiger charge is -2.14. The normalized spacial score (nSPS) is 13.3. The summed E-state index contributed by atoms with van der Waals surface area (Å²) in [6.45, 7) is 6.97. The maximum atomic E-state index is 9.12. The molecule has 0 bridgehead atoms. The van der Waals surface area contributed by atoms with Gasteiger partial charge in [0.2, 0.25) is 0 Å². The second-order valence-corrected chi connectivity index (χ2v) is 8.93. The van der Waals surface area contributed by atoms with Gasteiger partial charge in [-0.2, -0.15) is 10.4 Å². The Morgan fingerprint density at radius 2 is 2.03 bits per heavy atom. The highest BCUT2D eigenvalue weighted by Crippen LogP contribution is 2.45. The van der Waals surface area contributed by atoms with E-state index in [0.29, 0.717) is 11.5 Å². The van der Waals surface area contributed by atoms with E-state index in [1.54, 1.807) is 9.12 Å². The van der Waals surface area contributed by atoms with Crippen molar-refractivity contribution in [3.8, 4) is 6.07 Å². The standard InChI is InChI=1S/C21H17IN4S.C2H6/c1-13-8-18(15-4-5-15)19(17-6-7-26(27-22)21(13)17)12-25-11-16-3-2-14(10-23)9-20(16)24-25;1-2/h2-3,6-9,11,15H,4-5,12H2,1H3;1-2H3. The molecule has 0 radical (unpaired) electrons. The number of aryl methyl sites for hydroxylation is 1. The SMILES string of the molecule is CC.Cc1cc(C2CC2)c(Cn2cc3ccc(C#N)cc3n2)c2ccn(SI)c12. The molecule has 5 rings (SSSR count). The summed E-state index contributed by atoms with van der Waals surface area (Å²) in [6.07, 6.45) is 6.81. The fourth-order valence-electron chi connectivity index (χ4n) is 3.96. The summed E-state index contributed by atoms with van der Waals surface area (Å²) in [5.74, 6) is 0.689. The molecule has 2 aromatic carbocycles. The van der Waals surface area contributed by atoms with Gasteiger partial charge in [0, 0.05) is 53.5 Å². The van der Waals surface area contributed by atoms with Gasteiger partial charge in [0.05, 0.1) is 29.2 Å². The van der Waals surface area contributed by atoms with E-state index in [9.17, 15) is 0 Å². The Bertz CT molecular complexity index is 1230. The van der Waals surface area contributed by atoms with Crippen LogP contribution in [0.5, 0.6) is 0 Å². The number of halogens is 1. The topological polar surface area (TPSA) is 46.5 Å². The lowest BCUT2D eigenvalue weighted by atomic mass is 9.96. The molecule has 1 saturated carbocycles. The number of nitriles is 1. The number of hydrogen-bond donors (Lipinski definition) is 0. The fourth-order valence-corrected chi connectivity index (χ4v) is 5.36. The Hall–Kier alpha value is -1.98. The molecule has 1 aliphatic carbocycles. The Labute approximate surface area is 187 Å². The van der Waals surface area contributed by atoms with Gasteiger partial charge in [0.25, 0.3) is 0 Å². The molecule has 0 saturated heterocycles. The van der Waals surface area contributed by atoms with Crippen molar-refractivity contribution in [2.75, 3.05) is 0 Å². The number of hydrogen-bond acceptors (Lipinski definition) is 3. The second kappa shape index (κ2) is 8.41. The number of rotatable bonds is 4. The van der Waals surface area contributed by atoms with E-state index in [1.807, 2.05) is 36.7 Å². The molecule has 1 fully saturated rings. The predicted molar refractivity (Wildman–Crippen MR) is 131 cm³/mol. The van der Waals surface area contributed by atoms with E-state index in [-0.39, 0.29) is 0 Å². The van der Waals surface area contributed by atoms with Crippen LogP contribution < -0.4 is 0 Å². The quantitative estimate of drug-likeness (QED) is 0.277. The third-order valence-corrected chi connectivity index (χ3v) is 7.09. The van der Waals surface area contributed by atoms with E-state index in [4.69, 9.17) is 10.4 Å². The van der Waals surface area contributed by atoms with E-state index in [2.05, 4.69) is 62.7 Å². The minimum atomic E-state index is 0.653. The van der Waals surface area contributed by atoms with E-state index < -0.39 is 0 Å². The molecule has 29 heavy (non-hydrogen) atoms. The zero-order valence-corrected chi connectivity index (χ0v) is 19.8. The van der Waals surface area contributed by atoms with Gasteiger partial charge < -0.3 is 0 Å². The van der Waals surface area contributed by atoms with E-state index >= 15 is 0 Å². The van der Waals surface area contributed by atoms with Gasteiger partial charge in [0.15, 0.2) is 0 Å². The van der Waals surface area contributed by atoms with Crippen LogP contribution in [-0.2, 0) is 6.54 Å². The summed E-state index contributed by atoms with van der Waals surface area (Å²) in [4.78, 5) is 0. The van der Waals surface area contributed by atoms with Crippen LogP contribution in [0.25, 0.3) is 21.8 Å². The first-order chi connectivity index (χ1) is 14.2. The smallest absolute Gasteiger partial charge is 0.0992 e. The Balaban J connectivity index is 0.000000994. The Morgan fingerprint density at radius 1 is 1.24 bits per heavy atom. The average Bonchev–Trinajstić information content (AvgIpc) is 3.37.